The molecule has 0 amide bonds. The summed E-state index contributed by atoms with van der Waals surface area (Å²) in [6.45, 7) is 3.55. The van der Waals surface area contributed by atoms with Crippen molar-refractivity contribution in [1.82, 2.24) is 4.72 Å². The number of Topliss-reactive ketones (excluding diaryl/α,β-unsaturated/α-hetero) is 1. The summed E-state index contributed by atoms with van der Waals surface area (Å²) in [5.41, 5.74) is 0.421. The van der Waals surface area contributed by atoms with E-state index in [9.17, 15) is 13.2 Å². The van der Waals surface area contributed by atoms with Crippen LogP contribution in [0.1, 0.15) is 41.5 Å². The molecule has 1 heterocycles. The summed E-state index contributed by atoms with van der Waals surface area (Å²) in [5.74, 6) is -0.0710. The molecule has 6 heteroatoms. The lowest BCUT2D eigenvalue weighted by Crippen LogP contribution is -2.26. The fraction of sp³-hybridized carbons (Fsp3) is 0.267. The van der Waals surface area contributed by atoms with E-state index in [-0.39, 0.29) is 16.7 Å². The highest BCUT2D eigenvalue weighted by molar-refractivity contribution is 7.89. The van der Waals surface area contributed by atoms with Gasteiger partial charge in [-0.15, -0.1) is 11.3 Å². The first-order valence-electron chi connectivity index (χ1n) is 6.63. The van der Waals surface area contributed by atoms with Gasteiger partial charge in [0.15, 0.2) is 5.78 Å². The number of rotatable bonds is 6. The molecule has 0 aliphatic heterocycles. The fourth-order valence-electron chi connectivity index (χ4n) is 1.94. The maximum atomic E-state index is 12.4. The van der Waals surface area contributed by atoms with Crippen molar-refractivity contribution in [2.24, 2.45) is 0 Å². The smallest absolute Gasteiger partial charge is 0.241 e. The van der Waals surface area contributed by atoms with Crippen LogP contribution in [0, 0.1) is 0 Å². The molecule has 112 valence electrons. The second-order valence-electron chi connectivity index (χ2n) is 4.66. The van der Waals surface area contributed by atoms with E-state index in [0.717, 1.165) is 4.88 Å². The molecule has 2 rings (SSSR count). The molecular weight excluding hydrogens is 306 g/mol. The van der Waals surface area contributed by atoms with Gasteiger partial charge in [0.25, 0.3) is 0 Å². The van der Waals surface area contributed by atoms with Gasteiger partial charge in [-0.1, -0.05) is 25.1 Å². The van der Waals surface area contributed by atoms with E-state index in [2.05, 4.69) is 4.72 Å². The number of benzene rings is 1. The van der Waals surface area contributed by atoms with E-state index in [1.165, 1.54) is 23.5 Å². The van der Waals surface area contributed by atoms with Crippen molar-refractivity contribution < 1.29 is 13.2 Å². The van der Waals surface area contributed by atoms with Gasteiger partial charge in [-0.2, -0.15) is 0 Å². The highest BCUT2D eigenvalue weighted by atomic mass is 32.2. The van der Waals surface area contributed by atoms with Gasteiger partial charge in [0.05, 0.1) is 10.9 Å². The van der Waals surface area contributed by atoms with E-state index in [1.807, 2.05) is 17.5 Å². The van der Waals surface area contributed by atoms with Gasteiger partial charge in [-0.05, 0) is 30.5 Å². The van der Waals surface area contributed by atoms with Crippen LogP contribution in [-0.2, 0) is 10.0 Å². The predicted octanol–water partition coefficient (Wildman–Crippen LogP) is 3.38. The second-order valence-corrected chi connectivity index (χ2v) is 7.36. The van der Waals surface area contributed by atoms with Gasteiger partial charge in [0.1, 0.15) is 0 Å². The van der Waals surface area contributed by atoms with Crippen molar-refractivity contribution in [3.63, 3.8) is 0 Å². The molecule has 2 aromatic rings. The lowest BCUT2D eigenvalue weighted by atomic mass is 10.1. The zero-order chi connectivity index (χ0) is 15.5. The first kappa shape index (κ1) is 15.9. The van der Waals surface area contributed by atoms with Gasteiger partial charge in [0, 0.05) is 16.9 Å². The minimum atomic E-state index is -3.65. The first-order valence-corrected chi connectivity index (χ1v) is 8.99. The first-order chi connectivity index (χ1) is 9.94. The largest absolute Gasteiger partial charge is 0.294 e. The lowest BCUT2D eigenvalue weighted by Gasteiger charge is -2.13. The molecule has 0 aliphatic rings. The number of thiophene rings is 1. The molecule has 1 aromatic heterocycles. The Morgan fingerprint density at radius 3 is 2.67 bits per heavy atom. The molecule has 1 aromatic carbocycles. The third-order valence-electron chi connectivity index (χ3n) is 3.09. The average Bonchev–Trinajstić information content (AvgIpc) is 3.00. The molecule has 1 unspecified atom stereocenters. The summed E-state index contributed by atoms with van der Waals surface area (Å²) in [6.07, 6.45) is 0.350. The lowest BCUT2D eigenvalue weighted by molar-refractivity contribution is 0.0988. The van der Waals surface area contributed by atoms with Crippen molar-refractivity contribution in [2.45, 2.75) is 31.2 Å². The third kappa shape index (κ3) is 3.78. The van der Waals surface area contributed by atoms with Gasteiger partial charge in [-0.25, -0.2) is 13.1 Å². The van der Waals surface area contributed by atoms with Crippen LogP contribution in [0.3, 0.4) is 0 Å². The Hall–Kier alpha value is -1.50. The van der Waals surface area contributed by atoms with Crippen molar-refractivity contribution >= 4 is 27.1 Å². The van der Waals surface area contributed by atoms with Crippen LogP contribution >= 0.6 is 11.3 Å². The Morgan fingerprint density at radius 2 is 2.05 bits per heavy atom. The van der Waals surface area contributed by atoms with Crippen LogP contribution in [0.4, 0.5) is 0 Å². The minimum Gasteiger partial charge on any atom is -0.294 e. The topological polar surface area (TPSA) is 63.2 Å². The molecule has 0 saturated heterocycles. The van der Waals surface area contributed by atoms with Crippen molar-refractivity contribution in [2.75, 3.05) is 0 Å². The molecule has 1 atom stereocenters. The van der Waals surface area contributed by atoms with Crippen molar-refractivity contribution in [3.05, 3.63) is 52.2 Å². The molecule has 0 aliphatic carbocycles. The summed E-state index contributed by atoms with van der Waals surface area (Å²) in [6, 6.07) is 9.60. The number of sulfonamides is 1. The summed E-state index contributed by atoms with van der Waals surface area (Å²) < 4.78 is 27.4. The van der Waals surface area contributed by atoms with E-state index in [0.29, 0.717) is 12.0 Å². The molecule has 4 nitrogen and oxygen atoms in total. The van der Waals surface area contributed by atoms with Crippen LogP contribution in [0.5, 0.6) is 0 Å². The van der Waals surface area contributed by atoms with Gasteiger partial charge in [-0.3, -0.25) is 4.79 Å². The highest BCUT2D eigenvalue weighted by Crippen LogP contribution is 2.21. The molecule has 0 fully saturated rings. The van der Waals surface area contributed by atoms with E-state index < -0.39 is 10.0 Å². The monoisotopic (exact) mass is 323 g/mol. The van der Waals surface area contributed by atoms with E-state index in [1.54, 1.807) is 26.0 Å². The zero-order valence-electron chi connectivity index (χ0n) is 11.9. The summed E-state index contributed by atoms with van der Waals surface area (Å²) in [5, 5.41) is 1.90. The molecular formula is C15H17NO3S2. The van der Waals surface area contributed by atoms with Crippen LogP contribution in [0.25, 0.3) is 0 Å². The van der Waals surface area contributed by atoms with Crippen molar-refractivity contribution in [1.29, 1.82) is 0 Å². The summed E-state index contributed by atoms with van der Waals surface area (Å²) >= 11 is 1.50. The van der Waals surface area contributed by atoms with Gasteiger partial charge < -0.3 is 0 Å². The number of hydrogen-bond donors (Lipinski definition) is 1. The summed E-state index contributed by atoms with van der Waals surface area (Å²) in [4.78, 5) is 12.7. The van der Waals surface area contributed by atoms with Crippen LogP contribution in [0.2, 0.25) is 0 Å². The van der Waals surface area contributed by atoms with Gasteiger partial charge >= 0.3 is 0 Å². The third-order valence-corrected chi connectivity index (χ3v) is 5.68. The van der Waals surface area contributed by atoms with Crippen LogP contribution in [0.15, 0.2) is 46.7 Å². The van der Waals surface area contributed by atoms with E-state index in [4.69, 9.17) is 0 Å². The Balaban J connectivity index is 2.25. The number of carbonyl (C=O) groups excluding carboxylic acids is 1. The Kier molecular flexibility index (Phi) is 4.92. The molecule has 0 bridgehead atoms. The minimum absolute atomic E-state index is 0.0710. The Bertz CT molecular complexity index is 721. The molecule has 0 radical (unpaired) electrons. The fourth-order valence-corrected chi connectivity index (χ4v) is 4.01. The standard InChI is InChI=1S/C15H17NO3S2/c1-3-14(17)12-6-4-7-13(10-12)21(18,19)16-11(2)15-8-5-9-20-15/h4-11,16H,3H2,1-2H3. The van der Waals surface area contributed by atoms with Gasteiger partial charge in [0.2, 0.25) is 10.0 Å². The Morgan fingerprint density at radius 1 is 1.29 bits per heavy atom. The SMILES string of the molecule is CCC(=O)c1cccc(S(=O)(=O)NC(C)c2cccs2)c1. The maximum Gasteiger partial charge on any atom is 0.241 e. The number of ketones is 1. The normalized spacial score (nSPS) is 13.0. The van der Waals surface area contributed by atoms with Crippen molar-refractivity contribution in [3.8, 4) is 0 Å². The quantitative estimate of drug-likeness (QED) is 0.829. The van der Waals surface area contributed by atoms with Crippen LogP contribution in [-0.4, -0.2) is 14.2 Å². The Labute approximate surface area is 128 Å². The number of carbonyl (C=O) groups is 1. The number of hydrogen-bond acceptors (Lipinski definition) is 4. The molecule has 0 saturated carbocycles. The summed E-state index contributed by atoms with van der Waals surface area (Å²) in [7, 11) is -3.65. The van der Waals surface area contributed by atoms with Crippen LogP contribution < -0.4 is 4.72 Å². The van der Waals surface area contributed by atoms with E-state index >= 15 is 0 Å². The zero-order valence-corrected chi connectivity index (χ0v) is 13.5. The molecule has 0 spiro atoms. The molecule has 21 heavy (non-hydrogen) atoms. The number of nitrogens with one attached hydrogen (secondary N) is 1. The highest BCUT2D eigenvalue weighted by Gasteiger charge is 2.19. The molecule has 1 N–H and O–H groups in total. The average molecular weight is 323 g/mol. The predicted molar refractivity (Wildman–Crippen MR) is 84.1 cm³/mol. The maximum absolute atomic E-state index is 12.4. The second kappa shape index (κ2) is 6.51.